The van der Waals surface area contributed by atoms with E-state index in [1.54, 1.807) is 10.7 Å². The summed E-state index contributed by atoms with van der Waals surface area (Å²) in [6, 6.07) is 4.62. The highest BCUT2D eigenvalue weighted by Crippen LogP contribution is 2.12. The Morgan fingerprint density at radius 3 is 3.00 bits per heavy atom. The minimum atomic E-state index is -0.272. The van der Waals surface area contributed by atoms with E-state index in [9.17, 15) is 4.39 Å². The second kappa shape index (κ2) is 4.40. The first-order chi connectivity index (χ1) is 7.70. The largest absolute Gasteiger partial charge is 0.388 e. The molecule has 84 valence electrons. The number of benzene rings is 1. The molecule has 0 spiro atoms. The van der Waals surface area contributed by atoms with Crippen molar-refractivity contribution in [3.63, 3.8) is 0 Å². The van der Waals surface area contributed by atoms with Crippen LogP contribution in [-0.2, 0) is 13.2 Å². The summed E-state index contributed by atoms with van der Waals surface area (Å²) in [5.41, 5.74) is 1.82. The number of aromatic nitrogens is 3. The van der Waals surface area contributed by atoms with Crippen molar-refractivity contribution in [2.45, 2.75) is 20.1 Å². The maximum Gasteiger partial charge on any atom is 0.152 e. The van der Waals surface area contributed by atoms with Gasteiger partial charge in [0.05, 0.1) is 6.54 Å². The van der Waals surface area contributed by atoms with E-state index in [1.165, 1.54) is 18.5 Å². The first kappa shape index (κ1) is 10.8. The zero-order valence-corrected chi connectivity index (χ0v) is 8.89. The third-order valence-electron chi connectivity index (χ3n) is 2.47. The summed E-state index contributed by atoms with van der Waals surface area (Å²) in [6.45, 7) is 2.15. The standard InChI is InChI=1S/C11H12FN3O/c1-8-2-3-10(12)4-9(8)5-15-11(6-16)13-7-14-15/h2-4,7,16H,5-6H2,1H3. The molecule has 2 aromatic rings. The molecule has 0 radical (unpaired) electrons. The zero-order chi connectivity index (χ0) is 11.5. The predicted octanol–water partition coefficient (Wildman–Crippen LogP) is 1.27. The number of nitrogens with zero attached hydrogens (tertiary/aromatic N) is 3. The molecule has 0 bridgehead atoms. The van der Waals surface area contributed by atoms with E-state index >= 15 is 0 Å². The van der Waals surface area contributed by atoms with Crippen molar-refractivity contribution in [3.05, 3.63) is 47.3 Å². The van der Waals surface area contributed by atoms with Gasteiger partial charge in [-0.25, -0.2) is 14.1 Å². The van der Waals surface area contributed by atoms with Crippen LogP contribution in [0.5, 0.6) is 0 Å². The maximum absolute atomic E-state index is 13.1. The van der Waals surface area contributed by atoms with Crippen LogP contribution in [0, 0.1) is 12.7 Å². The molecule has 0 unspecified atom stereocenters. The second-order valence-electron chi connectivity index (χ2n) is 3.56. The third-order valence-corrected chi connectivity index (χ3v) is 2.47. The molecular formula is C11H12FN3O. The Morgan fingerprint density at radius 2 is 2.25 bits per heavy atom. The summed E-state index contributed by atoms with van der Waals surface area (Å²) < 4.78 is 14.6. The van der Waals surface area contributed by atoms with Gasteiger partial charge in [-0.1, -0.05) is 6.07 Å². The lowest BCUT2D eigenvalue weighted by Crippen LogP contribution is -2.08. The topological polar surface area (TPSA) is 50.9 Å². The van der Waals surface area contributed by atoms with E-state index in [0.29, 0.717) is 12.4 Å². The lowest BCUT2D eigenvalue weighted by molar-refractivity contribution is 0.264. The number of aliphatic hydroxyl groups is 1. The summed E-state index contributed by atoms with van der Waals surface area (Å²) in [5.74, 6) is 0.204. The Morgan fingerprint density at radius 1 is 1.44 bits per heavy atom. The normalized spacial score (nSPS) is 10.7. The smallest absolute Gasteiger partial charge is 0.152 e. The van der Waals surface area contributed by atoms with Crippen molar-refractivity contribution < 1.29 is 9.50 Å². The van der Waals surface area contributed by atoms with Crippen LogP contribution in [0.15, 0.2) is 24.5 Å². The second-order valence-corrected chi connectivity index (χ2v) is 3.56. The Kier molecular flexibility index (Phi) is 2.96. The predicted molar refractivity (Wildman–Crippen MR) is 56.2 cm³/mol. The summed E-state index contributed by atoms with van der Waals surface area (Å²) >= 11 is 0. The zero-order valence-electron chi connectivity index (χ0n) is 8.89. The van der Waals surface area contributed by atoms with Crippen molar-refractivity contribution in [1.29, 1.82) is 0 Å². The number of hydrogen-bond acceptors (Lipinski definition) is 3. The van der Waals surface area contributed by atoms with Crippen LogP contribution in [0.3, 0.4) is 0 Å². The molecule has 0 fully saturated rings. The van der Waals surface area contributed by atoms with Gasteiger partial charge in [-0.15, -0.1) is 0 Å². The lowest BCUT2D eigenvalue weighted by Gasteiger charge is -2.07. The molecule has 1 aromatic heterocycles. The molecule has 16 heavy (non-hydrogen) atoms. The van der Waals surface area contributed by atoms with E-state index in [2.05, 4.69) is 10.1 Å². The Hall–Kier alpha value is -1.75. The van der Waals surface area contributed by atoms with Gasteiger partial charge in [-0.2, -0.15) is 5.10 Å². The highest BCUT2D eigenvalue weighted by molar-refractivity contribution is 5.26. The number of rotatable bonds is 3. The molecule has 0 saturated carbocycles. The van der Waals surface area contributed by atoms with Crippen LogP contribution < -0.4 is 0 Å². The number of halogens is 1. The fourth-order valence-electron chi connectivity index (χ4n) is 1.51. The average molecular weight is 221 g/mol. The quantitative estimate of drug-likeness (QED) is 0.849. The van der Waals surface area contributed by atoms with Gasteiger partial charge in [0, 0.05) is 0 Å². The molecule has 1 aromatic carbocycles. The summed E-state index contributed by atoms with van der Waals surface area (Å²) in [6.07, 6.45) is 1.38. The fourth-order valence-corrected chi connectivity index (χ4v) is 1.51. The van der Waals surface area contributed by atoms with Crippen molar-refractivity contribution in [3.8, 4) is 0 Å². The van der Waals surface area contributed by atoms with Gasteiger partial charge in [0.2, 0.25) is 0 Å². The molecule has 5 heteroatoms. The van der Waals surface area contributed by atoms with Crippen molar-refractivity contribution >= 4 is 0 Å². The van der Waals surface area contributed by atoms with Crippen molar-refractivity contribution in [2.75, 3.05) is 0 Å². The van der Waals surface area contributed by atoms with E-state index < -0.39 is 0 Å². The Bertz CT molecular complexity index is 496. The first-order valence-electron chi connectivity index (χ1n) is 4.93. The SMILES string of the molecule is Cc1ccc(F)cc1Cn1ncnc1CO. The Labute approximate surface area is 92.4 Å². The molecule has 2 rings (SSSR count). The fraction of sp³-hybridized carbons (Fsp3) is 0.273. The summed E-state index contributed by atoms with van der Waals surface area (Å²) in [4.78, 5) is 3.89. The highest BCUT2D eigenvalue weighted by atomic mass is 19.1. The van der Waals surface area contributed by atoms with E-state index in [-0.39, 0.29) is 12.4 Å². The van der Waals surface area contributed by atoms with Gasteiger partial charge in [0.15, 0.2) is 5.82 Å². The molecule has 1 N–H and O–H groups in total. The van der Waals surface area contributed by atoms with Gasteiger partial charge in [-0.05, 0) is 30.2 Å². The average Bonchev–Trinajstić information content (AvgIpc) is 2.71. The summed E-state index contributed by atoms with van der Waals surface area (Å²) in [5, 5.41) is 13.0. The molecular weight excluding hydrogens is 209 g/mol. The molecule has 0 aliphatic carbocycles. The highest BCUT2D eigenvalue weighted by Gasteiger charge is 2.06. The van der Waals surface area contributed by atoms with Crippen LogP contribution in [0.4, 0.5) is 4.39 Å². The van der Waals surface area contributed by atoms with E-state index in [1.807, 2.05) is 6.92 Å². The maximum atomic E-state index is 13.1. The monoisotopic (exact) mass is 221 g/mol. The molecule has 0 aliphatic heterocycles. The van der Waals surface area contributed by atoms with E-state index in [0.717, 1.165) is 11.1 Å². The van der Waals surface area contributed by atoms with Gasteiger partial charge in [0.25, 0.3) is 0 Å². The van der Waals surface area contributed by atoms with Crippen molar-refractivity contribution in [1.82, 2.24) is 14.8 Å². The molecule has 1 heterocycles. The van der Waals surface area contributed by atoms with Gasteiger partial charge >= 0.3 is 0 Å². The van der Waals surface area contributed by atoms with E-state index in [4.69, 9.17) is 5.11 Å². The van der Waals surface area contributed by atoms with Gasteiger partial charge in [0.1, 0.15) is 18.8 Å². The molecule has 0 aliphatic rings. The number of aliphatic hydroxyl groups excluding tert-OH is 1. The first-order valence-corrected chi connectivity index (χ1v) is 4.93. The molecule has 4 nitrogen and oxygen atoms in total. The minimum Gasteiger partial charge on any atom is -0.388 e. The van der Waals surface area contributed by atoms with Gasteiger partial charge < -0.3 is 5.11 Å². The molecule has 0 amide bonds. The lowest BCUT2D eigenvalue weighted by atomic mass is 10.1. The number of aryl methyl sites for hydroxylation is 1. The van der Waals surface area contributed by atoms with Crippen molar-refractivity contribution in [2.24, 2.45) is 0 Å². The van der Waals surface area contributed by atoms with Crippen LogP contribution >= 0.6 is 0 Å². The Balaban J connectivity index is 2.30. The van der Waals surface area contributed by atoms with Crippen LogP contribution in [-0.4, -0.2) is 19.9 Å². The number of hydrogen-bond donors (Lipinski definition) is 1. The van der Waals surface area contributed by atoms with Crippen LogP contribution in [0.25, 0.3) is 0 Å². The summed E-state index contributed by atoms with van der Waals surface area (Å²) in [7, 11) is 0. The molecule has 0 atom stereocenters. The van der Waals surface area contributed by atoms with Gasteiger partial charge in [-0.3, -0.25) is 0 Å². The van der Waals surface area contributed by atoms with Crippen LogP contribution in [0.1, 0.15) is 17.0 Å². The van der Waals surface area contributed by atoms with Crippen LogP contribution in [0.2, 0.25) is 0 Å². The molecule has 0 saturated heterocycles. The minimum absolute atomic E-state index is 0.172. The third kappa shape index (κ3) is 2.09.